The molecule has 3 rings (SSSR count). The Labute approximate surface area is 174 Å². The molecule has 0 amide bonds. The SMILES string of the molecule is C=CCOC(=O)C1=C(C)Nc2nc(SCCC)[nH]c(=O)c2[C@H]1c1ccc(C)cc1. The van der Waals surface area contributed by atoms with Crippen LogP contribution in [0.4, 0.5) is 5.82 Å². The van der Waals surface area contributed by atoms with Gasteiger partial charge in [-0.25, -0.2) is 9.78 Å². The highest BCUT2D eigenvalue weighted by atomic mass is 32.2. The maximum Gasteiger partial charge on any atom is 0.337 e. The molecule has 1 aliphatic rings. The number of carbonyl (C=O) groups excluding carboxylic acids is 1. The number of anilines is 1. The summed E-state index contributed by atoms with van der Waals surface area (Å²) in [5.41, 5.74) is 3.13. The van der Waals surface area contributed by atoms with E-state index in [-0.39, 0.29) is 12.2 Å². The topological polar surface area (TPSA) is 84.1 Å². The monoisotopic (exact) mass is 411 g/mol. The molecule has 7 heteroatoms. The van der Waals surface area contributed by atoms with Crippen LogP contribution in [-0.4, -0.2) is 28.3 Å². The summed E-state index contributed by atoms with van der Waals surface area (Å²) in [5, 5.41) is 3.71. The van der Waals surface area contributed by atoms with Gasteiger partial charge < -0.3 is 15.0 Å². The lowest BCUT2D eigenvalue weighted by molar-refractivity contribution is -0.138. The molecule has 152 valence electrons. The van der Waals surface area contributed by atoms with E-state index in [0.29, 0.717) is 27.8 Å². The number of nitrogens with one attached hydrogen (secondary N) is 2. The average molecular weight is 412 g/mol. The zero-order valence-electron chi connectivity index (χ0n) is 16.9. The van der Waals surface area contributed by atoms with E-state index in [1.54, 1.807) is 6.92 Å². The van der Waals surface area contributed by atoms with Crippen molar-refractivity contribution in [3.8, 4) is 0 Å². The Morgan fingerprint density at radius 1 is 1.31 bits per heavy atom. The third-order valence-electron chi connectivity index (χ3n) is 4.63. The molecular formula is C22H25N3O3S. The van der Waals surface area contributed by atoms with Gasteiger partial charge >= 0.3 is 5.97 Å². The van der Waals surface area contributed by atoms with Crippen LogP contribution in [0.2, 0.25) is 0 Å². The number of thioether (sulfide) groups is 1. The first-order valence-corrected chi connectivity index (χ1v) is 10.5. The van der Waals surface area contributed by atoms with Gasteiger partial charge in [0, 0.05) is 11.4 Å². The van der Waals surface area contributed by atoms with Gasteiger partial charge in [-0.3, -0.25) is 4.79 Å². The smallest absolute Gasteiger partial charge is 0.337 e. The number of benzene rings is 1. The Morgan fingerprint density at radius 3 is 2.69 bits per heavy atom. The third kappa shape index (κ3) is 4.45. The Hall–Kier alpha value is -2.80. The number of aromatic nitrogens is 2. The van der Waals surface area contributed by atoms with Gasteiger partial charge in [-0.15, -0.1) is 0 Å². The van der Waals surface area contributed by atoms with Crippen molar-refractivity contribution in [1.29, 1.82) is 0 Å². The predicted octanol–water partition coefficient (Wildman–Crippen LogP) is 4.14. The summed E-state index contributed by atoms with van der Waals surface area (Å²) in [5.74, 6) is 0.299. The molecule has 0 spiro atoms. The molecule has 1 atom stereocenters. The van der Waals surface area contributed by atoms with Crippen molar-refractivity contribution < 1.29 is 9.53 Å². The minimum atomic E-state index is -0.564. The summed E-state index contributed by atoms with van der Waals surface area (Å²) in [6.45, 7) is 9.56. The number of hydrogen-bond donors (Lipinski definition) is 2. The maximum atomic E-state index is 13.0. The number of allylic oxidation sites excluding steroid dienone is 1. The van der Waals surface area contributed by atoms with Crippen LogP contribution in [0.5, 0.6) is 0 Å². The van der Waals surface area contributed by atoms with E-state index in [9.17, 15) is 9.59 Å². The van der Waals surface area contributed by atoms with Crippen LogP contribution in [0.15, 0.2) is 58.1 Å². The second-order valence-corrected chi connectivity index (χ2v) is 7.96. The van der Waals surface area contributed by atoms with Gasteiger partial charge in [0.25, 0.3) is 5.56 Å². The quantitative estimate of drug-likeness (QED) is 0.308. The Balaban J connectivity index is 2.15. The molecule has 6 nitrogen and oxygen atoms in total. The fourth-order valence-electron chi connectivity index (χ4n) is 3.27. The van der Waals surface area contributed by atoms with Gasteiger partial charge in [0.15, 0.2) is 5.16 Å². The lowest BCUT2D eigenvalue weighted by Crippen LogP contribution is -2.31. The van der Waals surface area contributed by atoms with Crippen molar-refractivity contribution in [3.05, 3.63) is 75.2 Å². The van der Waals surface area contributed by atoms with E-state index >= 15 is 0 Å². The number of nitrogens with zero attached hydrogens (tertiary/aromatic N) is 1. The summed E-state index contributed by atoms with van der Waals surface area (Å²) in [6.07, 6.45) is 2.49. The standard InChI is InChI=1S/C22H25N3O3S/c1-5-11-28-21(27)16-14(4)23-19-18(17(16)15-9-7-13(3)8-10-15)20(26)25-22(24-19)29-12-6-2/h5,7-10,17H,1,6,11-12H2,2-4H3,(H2,23,24,25,26)/t17-/m0/s1. The molecule has 0 saturated carbocycles. The highest BCUT2D eigenvalue weighted by molar-refractivity contribution is 7.99. The maximum absolute atomic E-state index is 13.0. The number of fused-ring (bicyclic) bond motifs is 1. The molecule has 0 bridgehead atoms. The Kier molecular flexibility index (Phi) is 6.59. The lowest BCUT2D eigenvalue weighted by atomic mass is 9.82. The molecule has 1 aromatic carbocycles. The van der Waals surface area contributed by atoms with Crippen LogP contribution >= 0.6 is 11.8 Å². The van der Waals surface area contributed by atoms with Crippen LogP contribution in [0.1, 0.15) is 42.9 Å². The number of aryl methyl sites for hydroxylation is 1. The summed E-state index contributed by atoms with van der Waals surface area (Å²) < 4.78 is 5.32. The molecule has 2 aromatic rings. The van der Waals surface area contributed by atoms with E-state index in [2.05, 4.69) is 28.8 Å². The molecule has 2 heterocycles. The summed E-state index contributed by atoms with van der Waals surface area (Å²) >= 11 is 1.50. The Morgan fingerprint density at radius 2 is 2.03 bits per heavy atom. The first-order chi connectivity index (χ1) is 14.0. The molecule has 1 aromatic heterocycles. The van der Waals surface area contributed by atoms with Crippen LogP contribution in [-0.2, 0) is 9.53 Å². The van der Waals surface area contributed by atoms with Crippen LogP contribution < -0.4 is 10.9 Å². The lowest BCUT2D eigenvalue weighted by Gasteiger charge is -2.28. The molecule has 0 unspecified atom stereocenters. The highest BCUT2D eigenvalue weighted by Gasteiger charge is 2.36. The first-order valence-electron chi connectivity index (χ1n) is 9.55. The van der Waals surface area contributed by atoms with Gasteiger partial charge in [-0.05, 0) is 25.8 Å². The van der Waals surface area contributed by atoms with Crippen molar-refractivity contribution in [2.45, 2.75) is 38.3 Å². The number of hydrogen-bond acceptors (Lipinski definition) is 6. The van der Waals surface area contributed by atoms with Crippen LogP contribution in [0.3, 0.4) is 0 Å². The number of rotatable bonds is 7. The first kappa shape index (κ1) is 20.9. The molecule has 0 aliphatic carbocycles. The van der Waals surface area contributed by atoms with E-state index in [0.717, 1.165) is 23.3 Å². The fourth-order valence-corrected chi connectivity index (χ4v) is 3.99. The molecule has 1 aliphatic heterocycles. The highest BCUT2D eigenvalue weighted by Crippen LogP contribution is 2.40. The molecule has 0 radical (unpaired) electrons. The van der Waals surface area contributed by atoms with E-state index in [1.807, 2.05) is 31.2 Å². The van der Waals surface area contributed by atoms with Gasteiger partial charge in [0.2, 0.25) is 0 Å². The van der Waals surface area contributed by atoms with Crippen molar-refractivity contribution in [3.63, 3.8) is 0 Å². The molecule has 0 saturated heterocycles. The second-order valence-electron chi connectivity index (χ2n) is 6.88. The van der Waals surface area contributed by atoms with Crippen molar-refractivity contribution in [2.75, 3.05) is 17.7 Å². The predicted molar refractivity (Wildman–Crippen MR) is 116 cm³/mol. The number of esters is 1. The molecule has 29 heavy (non-hydrogen) atoms. The normalized spacial score (nSPS) is 15.5. The van der Waals surface area contributed by atoms with Gasteiger partial charge in [-0.2, -0.15) is 0 Å². The van der Waals surface area contributed by atoms with E-state index < -0.39 is 11.9 Å². The van der Waals surface area contributed by atoms with Crippen molar-refractivity contribution >= 4 is 23.5 Å². The van der Waals surface area contributed by atoms with E-state index in [1.165, 1.54) is 17.8 Å². The largest absolute Gasteiger partial charge is 0.458 e. The minimum absolute atomic E-state index is 0.101. The zero-order valence-corrected chi connectivity index (χ0v) is 17.7. The summed E-state index contributed by atoms with van der Waals surface area (Å²) in [7, 11) is 0. The van der Waals surface area contributed by atoms with Crippen molar-refractivity contribution in [1.82, 2.24) is 9.97 Å². The number of ether oxygens (including phenoxy) is 1. The van der Waals surface area contributed by atoms with Gasteiger partial charge in [-0.1, -0.05) is 61.2 Å². The van der Waals surface area contributed by atoms with Crippen molar-refractivity contribution in [2.24, 2.45) is 0 Å². The summed E-state index contributed by atoms with van der Waals surface area (Å²) in [4.78, 5) is 33.4. The minimum Gasteiger partial charge on any atom is -0.458 e. The molecule has 2 N–H and O–H groups in total. The van der Waals surface area contributed by atoms with E-state index in [4.69, 9.17) is 4.74 Å². The fraction of sp³-hybridized carbons (Fsp3) is 0.318. The zero-order chi connectivity index (χ0) is 21.0. The average Bonchev–Trinajstić information content (AvgIpc) is 2.70. The number of H-pyrrole nitrogens is 1. The number of aromatic amines is 1. The Bertz CT molecular complexity index is 1010. The third-order valence-corrected chi connectivity index (χ3v) is 5.71. The summed E-state index contributed by atoms with van der Waals surface area (Å²) in [6, 6.07) is 7.79. The second kappa shape index (κ2) is 9.13. The number of carbonyl (C=O) groups is 1. The molecule has 0 fully saturated rings. The van der Waals surface area contributed by atoms with Crippen LogP contribution in [0, 0.1) is 6.92 Å². The molecular weight excluding hydrogens is 386 g/mol. The van der Waals surface area contributed by atoms with Gasteiger partial charge in [0.1, 0.15) is 12.4 Å². The van der Waals surface area contributed by atoms with Gasteiger partial charge in [0.05, 0.1) is 17.1 Å². The van der Waals surface area contributed by atoms with Crippen LogP contribution in [0.25, 0.3) is 0 Å².